The molecular weight excluding hydrogens is 475 g/mol. The molecule has 8 N–H and O–H groups in total. The Morgan fingerprint density at radius 2 is 1.41 bits per heavy atom. The van der Waals surface area contributed by atoms with Crippen molar-refractivity contribution in [3.8, 4) is 5.88 Å². The van der Waals surface area contributed by atoms with Crippen LogP contribution in [0.15, 0.2) is 9.59 Å². The molecule has 188 valence electrons. The zero-order valence-electron chi connectivity index (χ0n) is 18.7. The van der Waals surface area contributed by atoms with Crippen LogP contribution in [0.3, 0.4) is 0 Å². The third-order valence-electron chi connectivity index (χ3n) is 5.96. The van der Waals surface area contributed by atoms with Gasteiger partial charge >= 0.3 is 35.2 Å². The van der Waals surface area contributed by atoms with Gasteiger partial charge in [-0.1, -0.05) is 0 Å². The quantitative estimate of drug-likeness (QED) is 0.175. The van der Waals surface area contributed by atoms with Gasteiger partial charge in [-0.05, 0) is 0 Å². The molecule has 3 heterocycles. The van der Waals surface area contributed by atoms with Crippen molar-refractivity contribution < 1.29 is 84.6 Å². The van der Waals surface area contributed by atoms with E-state index in [1.165, 1.54) is 7.05 Å². The molecule has 1 aromatic heterocycles. The standard InChI is InChI=1S/C18H28N2O13.Na/c1-19-15(28)7(16(29)20(2)18(19)30)14-11(26)10(25)13(6(4-22)31-14)33-17-12(27)9(24)8(23)5(3-21)32-17;/h5-6,8-14,17,21-28H,3-4H2,1-2H3;/q;+1/t5-,6-,8-,9+,10-,11-,12-,13-,14+,17-;/m1./s1. The van der Waals surface area contributed by atoms with E-state index in [2.05, 4.69) is 0 Å². The predicted octanol–water partition coefficient (Wildman–Crippen LogP) is -8.87. The van der Waals surface area contributed by atoms with Crippen molar-refractivity contribution in [2.24, 2.45) is 14.1 Å². The summed E-state index contributed by atoms with van der Waals surface area (Å²) in [6.07, 6.45) is -16.8. The number of aromatic hydroxyl groups is 1. The Morgan fingerprint density at radius 3 is 1.97 bits per heavy atom. The maximum absolute atomic E-state index is 12.6. The van der Waals surface area contributed by atoms with Gasteiger partial charge in [-0.3, -0.25) is 13.9 Å². The Kier molecular flexibility index (Phi) is 9.85. The van der Waals surface area contributed by atoms with Gasteiger partial charge in [-0.15, -0.1) is 0 Å². The average molecular weight is 503 g/mol. The number of aliphatic hydroxyl groups excluding tert-OH is 7. The molecule has 0 aliphatic carbocycles. The fraction of sp³-hybridized carbons (Fsp3) is 0.778. The van der Waals surface area contributed by atoms with E-state index in [1.54, 1.807) is 0 Å². The van der Waals surface area contributed by atoms with E-state index in [4.69, 9.17) is 14.2 Å². The van der Waals surface area contributed by atoms with E-state index in [0.29, 0.717) is 4.57 Å². The minimum absolute atomic E-state index is 0. The first-order valence-corrected chi connectivity index (χ1v) is 10.0. The van der Waals surface area contributed by atoms with Crippen LogP contribution in [0, 0.1) is 0 Å². The second kappa shape index (κ2) is 11.4. The Balaban J connectivity index is 0.00000408. The molecule has 2 aliphatic rings. The molecule has 0 amide bonds. The second-order valence-corrected chi connectivity index (χ2v) is 8.00. The van der Waals surface area contributed by atoms with Crippen molar-refractivity contribution in [1.29, 1.82) is 0 Å². The van der Waals surface area contributed by atoms with E-state index >= 15 is 0 Å². The molecule has 0 unspecified atom stereocenters. The summed E-state index contributed by atoms with van der Waals surface area (Å²) in [5.74, 6) is -0.815. The van der Waals surface area contributed by atoms with Crippen molar-refractivity contribution in [2.75, 3.05) is 13.2 Å². The molecule has 2 fully saturated rings. The van der Waals surface area contributed by atoms with Crippen molar-refractivity contribution in [1.82, 2.24) is 9.13 Å². The van der Waals surface area contributed by atoms with Crippen LogP contribution in [-0.4, -0.2) is 118 Å². The van der Waals surface area contributed by atoms with E-state index in [-0.39, 0.29) is 29.6 Å². The molecule has 16 heteroatoms. The van der Waals surface area contributed by atoms with Crippen LogP contribution in [0.2, 0.25) is 0 Å². The molecule has 2 saturated heterocycles. The molecule has 0 radical (unpaired) electrons. The van der Waals surface area contributed by atoms with E-state index in [9.17, 15) is 50.4 Å². The zero-order valence-corrected chi connectivity index (χ0v) is 20.7. The maximum atomic E-state index is 12.6. The molecule has 2 aliphatic heterocycles. The summed E-state index contributed by atoms with van der Waals surface area (Å²) >= 11 is 0. The van der Waals surface area contributed by atoms with E-state index in [1.807, 2.05) is 0 Å². The smallest absolute Gasteiger partial charge is 0.494 e. The first-order valence-electron chi connectivity index (χ1n) is 10.0. The third kappa shape index (κ3) is 4.99. The molecule has 34 heavy (non-hydrogen) atoms. The maximum Gasteiger partial charge on any atom is 1.00 e. The molecule has 0 bridgehead atoms. The minimum atomic E-state index is -1.92. The normalized spacial score (nSPS) is 38.4. The molecular formula is C18H28N2NaO13+. The fourth-order valence-electron chi connectivity index (χ4n) is 3.94. The number of hydrogen-bond acceptors (Lipinski definition) is 13. The Bertz CT molecular complexity index is 966. The Labute approximate surface area is 214 Å². The topological polar surface area (TPSA) is 234 Å². The van der Waals surface area contributed by atoms with Gasteiger partial charge in [0.25, 0.3) is 5.56 Å². The Morgan fingerprint density at radius 1 is 0.824 bits per heavy atom. The fourth-order valence-corrected chi connectivity index (χ4v) is 3.94. The van der Waals surface area contributed by atoms with Gasteiger partial charge in [-0.2, -0.15) is 0 Å². The van der Waals surface area contributed by atoms with Gasteiger partial charge < -0.3 is 55.1 Å². The molecule has 10 atom stereocenters. The van der Waals surface area contributed by atoms with Crippen LogP contribution in [0.25, 0.3) is 0 Å². The van der Waals surface area contributed by atoms with Crippen molar-refractivity contribution >= 4 is 0 Å². The molecule has 1 aromatic rings. The van der Waals surface area contributed by atoms with Gasteiger partial charge in [0, 0.05) is 14.1 Å². The number of aliphatic hydroxyl groups is 7. The van der Waals surface area contributed by atoms with Gasteiger partial charge in [0.05, 0.1) is 13.2 Å². The Hall–Kier alpha value is -0.920. The molecule has 0 saturated carbocycles. The van der Waals surface area contributed by atoms with Crippen LogP contribution in [0.5, 0.6) is 5.88 Å². The van der Waals surface area contributed by atoms with Gasteiger partial charge in [-0.25, -0.2) is 4.79 Å². The monoisotopic (exact) mass is 503 g/mol. The minimum Gasteiger partial charge on any atom is -0.494 e. The van der Waals surface area contributed by atoms with Crippen molar-refractivity contribution in [2.45, 2.75) is 61.2 Å². The van der Waals surface area contributed by atoms with Gasteiger partial charge in [0.15, 0.2) is 6.29 Å². The van der Waals surface area contributed by atoms with E-state index < -0.39 is 97.1 Å². The first kappa shape index (κ1) is 29.3. The summed E-state index contributed by atoms with van der Waals surface area (Å²) in [5.41, 5.74) is -2.40. The number of nitrogens with zero attached hydrogens (tertiary/aromatic N) is 2. The zero-order chi connectivity index (χ0) is 24.8. The number of hydrogen-bond donors (Lipinski definition) is 8. The second-order valence-electron chi connectivity index (χ2n) is 8.00. The predicted molar refractivity (Wildman–Crippen MR) is 104 cm³/mol. The van der Waals surface area contributed by atoms with Crippen molar-refractivity contribution in [3.63, 3.8) is 0 Å². The average Bonchev–Trinajstić information content (AvgIpc) is 2.80. The summed E-state index contributed by atoms with van der Waals surface area (Å²) in [6.45, 7) is -1.56. The van der Waals surface area contributed by atoms with Crippen LogP contribution in [0.1, 0.15) is 11.7 Å². The van der Waals surface area contributed by atoms with Crippen LogP contribution >= 0.6 is 0 Å². The molecule has 0 aromatic carbocycles. The summed E-state index contributed by atoms with van der Waals surface area (Å²) in [7, 11) is 2.30. The molecule has 15 nitrogen and oxygen atoms in total. The SMILES string of the molecule is Cn1c(O)c([C@@H]2O[C@H](CO)[C@@H](O[C@H]3O[C@H](CO)[C@@H](O)[C@H](O)[C@H]3O)[C@H](O)[C@H]2O)c(=O)n(C)c1=O.[Na+]. The summed E-state index contributed by atoms with van der Waals surface area (Å²) in [5, 5.41) is 80.7. The third-order valence-corrected chi connectivity index (χ3v) is 5.96. The van der Waals surface area contributed by atoms with Crippen LogP contribution in [-0.2, 0) is 28.3 Å². The van der Waals surface area contributed by atoms with Crippen molar-refractivity contribution in [3.05, 3.63) is 26.4 Å². The molecule has 0 spiro atoms. The first-order chi connectivity index (χ1) is 15.5. The largest absolute Gasteiger partial charge is 1.00 e. The van der Waals surface area contributed by atoms with E-state index in [0.717, 1.165) is 11.6 Å². The van der Waals surface area contributed by atoms with Crippen LogP contribution < -0.4 is 40.8 Å². The summed E-state index contributed by atoms with van der Waals surface area (Å²) < 4.78 is 17.6. The van der Waals surface area contributed by atoms with Gasteiger partial charge in [0.2, 0.25) is 5.88 Å². The van der Waals surface area contributed by atoms with Gasteiger partial charge in [0.1, 0.15) is 60.5 Å². The summed E-state index contributed by atoms with van der Waals surface area (Å²) in [6, 6.07) is 0. The molecule has 3 rings (SSSR count). The number of aromatic nitrogens is 2. The summed E-state index contributed by atoms with van der Waals surface area (Å²) in [4.78, 5) is 24.6. The van der Waals surface area contributed by atoms with Crippen LogP contribution in [0.4, 0.5) is 0 Å². The number of ether oxygens (including phenoxy) is 3. The number of rotatable bonds is 5.